The number of nitrogens with one attached hydrogen (secondary N) is 1. The smallest absolute Gasteiger partial charge is 0.241 e. The van der Waals surface area contributed by atoms with Crippen molar-refractivity contribution in [3.8, 4) is 0 Å². The molecular weight excluding hydrogens is 351 g/mol. The lowest BCUT2D eigenvalue weighted by atomic mass is 10.0. The highest BCUT2D eigenvalue weighted by molar-refractivity contribution is 6.42. The minimum absolute atomic E-state index is 0.0654. The van der Waals surface area contributed by atoms with Crippen molar-refractivity contribution in [1.82, 2.24) is 15.1 Å². The largest absolute Gasteiger partial charge is 0.424 e. The molecule has 8 heteroatoms. The minimum Gasteiger partial charge on any atom is -0.424 e. The van der Waals surface area contributed by atoms with Crippen molar-refractivity contribution < 1.29 is 9.21 Å². The van der Waals surface area contributed by atoms with E-state index in [0.717, 1.165) is 25.8 Å². The molecule has 1 aliphatic heterocycles. The first-order valence-electron chi connectivity index (χ1n) is 7.82. The second-order valence-electron chi connectivity index (χ2n) is 5.82. The number of carbonyl (C=O) groups excluding carboxylic acids is 1. The first-order chi connectivity index (χ1) is 11.5. The topological polar surface area (TPSA) is 71.3 Å². The molecule has 1 aromatic heterocycles. The number of rotatable bonds is 4. The zero-order valence-electron chi connectivity index (χ0n) is 13.3. The van der Waals surface area contributed by atoms with Gasteiger partial charge in [0, 0.05) is 12.6 Å². The average Bonchev–Trinajstić information content (AvgIpc) is 2.96. The van der Waals surface area contributed by atoms with Crippen LogP contribution in [0.1, 0.15) is 31.0 Å². The summed E-state index contributed by atoms with van der Waals surface area (Å²) < 4.78 is 5.43. The Hall–Kier alpha value is -1.63. The van der Waals surface area contributed by atoms with E-state index in [4.69, 9.17) is 27.6 Å². The lowest BCUT2D eigenvalue weighted by molar-refractivity contribution is -0.122. The molecule has 1 aliphatic rings. The second kappa shape index (κ2) is 7.51. The van der Waals surface area contributed by atoms with E-state index >= 15 is 0 Å². The van der Waals surface area contributed by atoms with Crippen LogP contribution in [0.25, 0.3) is 0 Å². The summed E-state index contributed by atoms with van der Waals surface area (Å²) >= 11 is 11.9. The number of aromatic nitrogens is 2. The van der Waals surface area contributed by atoms with Crippen LogP contribution in [0.2, 0.25) is 10.0 Å². The number of nitrogens with zero attached hydrogens (tertiary/aromatic N) is 3. The zero-order chi connectivity index (χ0) is 17.1. The summed E-state index contributed by atoms with van der Waals surface area (Å²) in [6.45, 7) is 3.04. The highest BCUT2D eigenvalue weighted by Crippen LogP contribution is 2.26. The molecule has 0 radical (unpaired) electrons. The Bertz CT molecular complexity index is 735. The maximum atomic E-state index is 12.7. The van der Waals surface area contributed by atoms with Crippen LogP contribution in [0.3, 0.4) is 0 Å². The van der Waals surface area contributed by atoms with E-state index in [1.165, 1.54) is 0 Å². The highest BCUT2D eigenvalue weighted by Gasteiger charge is 2.30. The first-order valence-corrected chi connectivity index (χ1v) is 8.57. The van der Waals surface area contributed by atoms with Crippen LogP contribution in [0, 0.1) is 6.92 Å². The standard InChI is InChI=1S/C16H18Cl2N4O2/c1-10-20-21-15(24-10)9-22-7-3-2-4-14(22)16(23)19-11-5-6-12(17)13(18)8-11/h5-6,8,14H,2-4,7,9H2,1H3,(H,19,23). The van der Waals surface area contributed by atoms with E-state index in [9.17, 15) is 4.79 Å². The van der Waals surface area contributed by atoms with Crippen molar-refractivity contribution in [2.45, 2.75) is 38.8 Å². The molecule has 1 atom stereocenters. The van der Waals surface area contributed by atoms with Crippen LogP contribution in [0.4, 0.5) is 5.69 Å². The van der Waals surface area contributed by atoms with E-state index in [0.29, 0.717) is 34.1 Å². The van der Waals surface area contributed by atoms with Gasteiger partial charge >= 0.3 is 0 Å². The molecule has 2 heterocycles. The Labute approximate surface area is 150 Å². The molecule has 128 valence electrons. The Morgan fingerprint density at radius 1 is 1.33 bits per heavy atom. The van der Waals surface area contributed by atoms with E-state index in [2.05, 4.69) is 20.4 Å². The molecular formula is C16H18Cl2N4O2. The van der Waals surface area contributed by atoms with Gasteiger partial charge in [0.05, 0.1) is 22.6 Å². The lowest BCUT2D eigenvalue weighted by Crippen LogP contribution is -2.46. The van der Waals surface area contributed by atoms with Gasteiger partial charge < -0.3 is 9.73 Å². The normalized spacial score (nSPS) is 18.5. The number of benzene rings is 1. The summed E-state index contributed by atoms with van der Waals surface area (Å²) in [6, 6.07) is 4.82. The van der Waals surface area contributed by atoms with Crippen LogP contribution < -0.4 is 5.32 Å². The molecule has 24 heavy (non-hydrogen) atoms. The van der Waals surface area contributed by atoms with Gasteiger partial charge in [0.1, 0.15) is 0 Å². The van der Waals surface area contributed by atoms with Gasteiger partial charge in [-0.25, -0.2) is 0 Å². The summed E-state index contributed by atoms with van der Waals surface area (Å²) in [5.74, 6) is 0.991. The molecule has 1 amide bonds. The van der Waals surface area contributed by atoms with Gasteiger partial charge in [0.2, 0.25) is 17.7 Å². The van der Waals surface area contributed by atoms with Crippen molar-refractivity contribution in [2.24, 2.45) is 0 Å². The Balaban J connectivity index is 1.69. The molecule has 1 N–H and O–H groups in total. The second-order valence-corrected chi connectivity index (χ2v) is 6.63. The van der Waals surface area contributed by atoms with Crippen LogP contribution in [0.5, 0.6) is 0 Å². The fourth-order valence-corrected chi connectivity index (χ4v) is 3.15. The first kappa shape index (κ1) is 17.2. The van der Waals surface area contributed by atoms with E-state index in [1.54, 1.807) is 25.1 Å². The van der Waals surface area contributed by atoms with Gasteiger partial charge in [-0.1, -0.05) is 29.6 Å². The minimum atomic E-state index is -0.236. The molecule has 1 unspecified atom stereocenters. The Morgan fingerprint density at radius 3 is 2.88 bits per heavy atom. The number of likely N-dealkylation sites (tertiary alicyclic amines) is 1. The lowest BCUT2D eigenvalue weighted by Gasteiger charge is -2.33. The third kappa shape index (κ3) is 4.06. The third-order valence-corrected chi connectivity index (χ3v) is 4.75. The zero-order valence-corrected chi connectivity index (χ0v) is 14.8. The highest BCUT2D eigenvalue weighted by atomic mass is 35.5. The molecule has 6 nitrogen and oxygen atoms in total. The van der Waals surface area contributed by atoms with Crippen molar-refractivity contribution in [2.75, 3.05) is 11.9 Å². The average molecular weight is 369 g/mol. The molecule has 1 fully saturated rings. The number of aryl methyl sites for hydroxylation is 1. The fraction of sp³-hybridized carbons (Fsp3) is 0.438. The number of carbonyl (C=O) groups is 1. The van der Waals surface area contributed by atoms with Crippen LogP contribution in [-0.2, 0) is 11.3 Å². The molecule has 2 aromatic rings. The molecule has 1 saturated heterocycles. The fourth-order valence-electron chi connectivity index (χ4n) is 2.85. The maximum absolute atomic E-state index is 12.7. The number of halogens is 2. The molecule has 0 spiro atoms. The summed E-state index contributed by atoms with van der Waals surface area (Å²) in [6.07, 6.45) is 2.85. The van der Waals surface area contributed by atoms with Gasteiger partial charge in [-0.2, -0.15) is 0 Å². The van der Waals surface area contributed by atoms with Crippen molar-refractivity contribution in [3.63, 3.8) is 0 Å². The van der Waals surface area contributed by atoms with Crippen LogP contribution >= 0.6 is 23.2 Å². The van der Waals surface area contributed by atoms with Gasteiger partial charge in [-0.15, -0.1) is 10.2 Å². The van der Waals surface area contributed by atoms with Gasteiger partial charge in [0.15, 0.2) is 0 Å². The monoisotopic (exact) mass is 368 g/mol. The van der Waals surface area contributed by atoms with E-state index in [-0.39, 0.29) is 11.9 Å². The number of hydrogen-bond donors (Lipinski definition) is 1. The Morgan fingerprint density at radius 2 is 2.17 bits per heavy atom. The van der Waals surface area contributed by atoms with Crippen LogP contribution in [0.15, 0.2) is 22.6 Å². The quantitative estimate of drug-likeness (QED) is 0.890. The van der Waals surface area contributed by atoms with Crippen molar-refractivity contribution in [1.29, 1.82) is 0 Å². The molecule has 0 bridgehead atoms. The summed E-state index contributed by atoms with van der Waals surface area (Å²) in [5.41, 5.74) is 0.633. The summed E-state index contributed by atoms with van der Waals surface area (Å²) in [4.78, 5) is 14.7. The summed E-state index contributed by atoms with van der Waals surface area (Å²) in [5, 5.41) is 11.6. The SMILES string of the molecule is Cc1nnc(CN2CCCCC2C(=O)Nc2ccc(Cl)c(Cl)c2)o1. The van der Waals surface area contributed by atoms with Gasteiger partial charge in [-0.3, -0.25) is 9.69 Å². The maximum Gasteiger partial charge on any atom is 0.241 e. The molecule has 1 aromatic carbocycles. The van der Waals surface area contributed by atoms with Crippen LogP contribution in [-0.4, -0.2) is 33.6 Å². The van der Waals surface area contributed by atoms with Crippen molar-refractivity contribution >= 4 is 34.8 Å². The number of amides is 1. The number of hydrogen-bond acceptors (Lipinski definition) is 5. The van der Waals surface area contributed by atoms with E-state index in [1.807, 2.05) is 0 Å². The Kier molecular flexibility index (Phi) is 5.38. The molecule has 3 rings (SSSR count). The molecule has 0 aliphatic carbocycles. The predicted octanol–water partition coefficient (Wildman–Crippen LogP) is 3.68. The van der Waals surface area contributed by atoms with Crippen molar-refractivity contribution in [3.05, 3.63) is 40.0 Å². The molecule has 0 saturated carbocycles. The van der Waals surface area contributed by atoms with Gasteiger partial charge in [0.25, 0.3) is 0 Å². The predicted molar refractivity (Wildman–Crippen MR) is 92.2 cm³/mol. The number of anilines is 1. The summed E-state index contributed by atoms with van der Waals surface area (Å²) in [7, 11) is 0. The third-order valence-electron chi connectivity index (χ3n) is 4.01. The number of piperidine rings is 1. The van der Waals surface area contributed by atoms with E-state index < -0.39 is 0 Å². The van der Waals surface area contributed by atoms with Gasteiger partial charge in [-0.05, 0) is 37.6 Å².